The summed E-state index contributed by atoms with van der Waals surface area (Å²) in [5, 5.41) is 3.51. The topological polar surface area (TPSA) is 38.0 Å². The Labute approximate surface area is 75.9 Å². The van der Waals surface area contributed by atoms with Crippen molar-refractivity contribution in [2.45, 2.75) is 52.1 Å². The van der Waals surface area contributed by atoms with Gasteiger partial charge in [0.05, 0.1) is 0 Å². The van der Waals surface area contributed by atoms with E-state index in [1.165, 1.54) is 6.42 Å². The van der Waals surface area contributed by atoms with Crippen LogP contribution in [-0.2, 0) is 0 Å². The monoisotopic (exact) mass is 170 g/mol. The fourth-order valence-electron chi connectivity index (χ4n) is 1.30. The van der Waals surface area contributed by atoms with Gasteiger partial charge in [-0.3, -0.25) is 0 Å². The number of nitrogens with two attached hydrogens (primary N) is 1. The average molecular weight is 170 g/mol. The Balaban J connectivity index is 2.19. The standard InChI is InChI=1S/C10H22N2/c1-5-10(4,11)7-12-8-6-9(8,2)3/h8,12H,5-7,11H2,1-4H3. The quantitative estimate of drug-likeness (QED) is 0.671. The SMILES string of the molecule is CCC(C)(N)CNC1CC1(C)C. The Morgan fingerprint density at radius 2 is 2.08 bits per heavy atom. The molecule has 0 radical (unpaired) electrons. The maximum atomic E-state index is 6.02. The number of hydrogen-bond donors (Lipinski definition) is 2. The molecule has 0 bridgehead atoms. The first kappa shape index (κ1) is 10.0. The molecular formula is C10H22N2. The molecule has 72 valence electrons. The maximum absolute atomic E-state index is 6.02. The summed E-state index contributed by atoms with van der Waals surface area (Å²) in [4.78, 5) is 0. The molecule has 1 fully saturated rings. The lowest BCUT2D eigenvalue weighted by molar-refractivity contribution is 0.400. The van der Waals surface area contributed by atoms with E-state index in [0.717, 1.165) is 13.0 Å². The fraction of sp³-hybridized carbons (Fsp3) is 1.00. The van der Waals surface area contributed by atoms with Crippen molar-refractivity contribution in [1.82, 2.24) is 5.32 Å². The Hall–Kier alpha value is -0.0800. The largest absolute Gasteiger partial charge is 0.324 e. The van der Waals surface area contributed by atoms with E-state index in [4.69, 9.17) is 5.73 Å². The molecule has 2 nitrogen and oxygen atoms in total. The first-order chi connectivity index (χ1) is 5.37. The van der Waals surface area contributed by atoms with E-state index in [1.54, 1.807) is 0 Å². The minimum Gasteiger partial charge on any atom is -0.324 e. The number of nitrogens with one attached hydrogen (secondary N) is 1. The molecule has 0 aliphatic heterocycles. The minimum atomic E-state index is -0.0291. The van der Waals surface area contributed by atoms with E-state index in [1.807, 2.05) is 0 Å². The van der Waals surface area contributed by atoms with Gasteiger partial charge >= 0.3 is 0 Å². The molecule has 0 spiro atoms. The van der Waals surface area contributed by atoms with Crippen LogP contribution >= 0.6 is 0 Å². The first-order valence-electron chi connectivity index (χ1n) is 4.90. The summed E-state index contributed by atoms with van der Waals surface area (Å²) >= 11 is 0. The highest BCUT2D eigenvalue weighted by Gasteiger charge is 2.45. The minimum absolute atomic E-state index is 0.0291. The van der Waals surface area contributed by atoms with Gasteiger partial charge in [0, 0.05) is 18.1 Å². The van der Waals surface area contributed by atoms with Crippen molar-refractivity contribution in [3.8, 4) is 0 Å². The molecule has 2 unspecified atom stereocenters. The van der Waals surface area contributed by atoms with E-state index < -0.39 is 0 Å². The van der Waals surface area contributed by atoms with Crippen molar-refractivity contribution in [3.05, 3.63) is 0 Å². The molecule has 0 amide bonds. The van der Waals surface area contributed by atoms with Crippen LogP contribution in [0.4, 0.5) is 0 Å². The van der Waals surface area contributed by atoms with Crippen LogP contribution < -0.4 is 11.1 Å². The Bertz CT molecular complexity index is 161. The zero-order valence-corrected chi connectivity index (χ0v) is 8.78. The van der Waals surface area contributed by atoms with Crippen molar-refractivity contribution in [2.24, 2.45) is 11.1 Å². The van der Waals surface area contributed by atoms with Crippen LogP contribution in [0.15, 0.2) is 0 Å². The molecule has 0 aromatic carbocycles. The van der Waals surface area contributed by atoms with Crippen LogP contribution in [0.3, 0.4) is 0 Å². The zero-order valence-electron chi connectivity index (χ0n) is 8.78. The van der Waals surface area contributed by atoms with Crippen LogP contribution in [0.25, 0.3) is 0 Å². The van der Waals surface area contributed by atoms with Crippen molar-refractivity contribution in [2.75, 3.05) is 6.54 Å². The highest BCUT2D eigenvalue weighted by molar-refractivity contribution is 5.02. The molecule has 1 saturated carbocycles. The average Bonchev–Trinajstić information content (AvgIpc) is 2.56. The van der Waals surface area contributed by atoms with E-state index in [9.17, 15) is 0 Å². The van der Waals surface area contributed by atoms with Gasteiger partial charge in [-0.1, -0.05) is 20.8 Å². The van der Waals surface area contributed by atoms with E-state index >= 15 is 0 Å². The van der Waals surface area contributed by atoms with Crippen LogP contribution in [0, 0.1) is 5.41 Å². The van der Waals surface area contributed by atoms with Gasteiger partial charge in [0.15, 0.2) is 0 Å². The summed E-state index contributed by atoms with van der Waals surface area (Å²) in [7, 11) is 0. The number of hydrogen-bond acceptors (Lipinski definition) is 2. The van der Waals surface area contributed by atoms with Gasteiger partial charge < -0.3 is 11.1 Å². The molecule has 0 aromatic heterocycles. The molecule has 3 N–H and O–H groups in total. The smallest absolute Gasteiger partial charge is 0.0249 e. The summed E-state index contributed by atoms with van der Waals surface area (Å²) in [6.45, 7) is 9.78. The molecule has 2 heteroatoms. The lowest BCUT2D eigenvalue weighted by atomic mass is 10.0. The maximum Gasteiger partial charge on any atom is 0.0249 e. The van der Waals surface area contributed by atoms with Gasteiger partial charge in [-0.05, 0) is 25.2 Å². The van der Waals surface area contributed by atoms with E-state index in [0.29, 0.717) is 11.5 Å². The van der Waals surface area contributed by atoms with Crippen molar-refractivity contribution in [3.63, 3.8) is 0 Å². The summed E-state index contributed by atoms with van der Waals surface area (Å²) in [6, 6.07) is 0.701. The zero-order chi connectivity index (χ0) is 9.41. The van der Waals surface area contributed by atoms with Gasteiger partial charge in [0.25, 0.3) is 0 Å². The third kappa shape index (κ3) is 2.46. The van der Waals surface area contributed by atoms with Gasteiger partial charge in [-0.15, -0.1) is 0 Å². The normalized spacial score (nSPS) is 31.2. The van der Waals surface area contributed by atoms with E-state index in [-0.39, 0.29) is 5.54 Å². The summed E-state index contributed by atoms with van der Waals surface area (Å²) in [6.07, 6.45) is 2.33. The second-order valence-corrected chi connectivity index (χ2v) is 5.13. The molecular weight excluding hydrogens is 148 g/mol. The molecule has 1 rings (SSSR count). The van der Waals surface area contributed by atoms with Crippen LogP contribution in [0.2, 0.25) is 0 Å². The van der Waals surface area contributed by atoms with Crippen LogP contribution in [0.1, 0.15) is 40.5 Å². The third-order valence-electron chi connectivity index (χ3n) is 3.07. The molecule has 2 atom stereocenters. The van der Waals surface area contributed by atoms with Crippen molar-refractivity contribution >= 4 is 0 Å². The van der Waals surface area contributed by atoms with E-state index in [2.05, 4.69) is 33.0 Å². The lowest BCUT2D eigenvalue weighted by Crippen LogP contribution is -2.46. The van der Waals surface area contributed by atoms with Gasteiger partial charge in [0.2, 0.25) is 0 Å². The predicted molar refractivity (Wildman–Crippen MR) is 53.1 cm³/mol. The van der Waals surface area contributed by atoms with Crippen LogP contribution in [-0.4, -0.2) is 18.1 Å². The first-order valence-corrected chi connectivity index (χ1v) is 4.90. The highest BCUT2D eigenvalue weighted by atomic mass is 15.0. The molecule has 12 heavy (non-hydrogen) atoms. The van der Waals surface area contributed by atoms with Crippen molar-refractivity contribution < 1.29 is 0 Å². The van der Waals surface area contributed by atoms with Crippen LogP contribution in [0.5, 0.6) is 0 Å². The summed E-state index contributed by atoms with van der Waals surface area (Å²) in [5.74, 6) is 0. The molecule has 0 saturated heterocycles. The third-order valence-corrected chi connectivity index (χ3v) is 3.07. The number of rotatable bonds is 4. The van der Waals surface area contributed by atoms with Gasteiger partial charge in [0.1, 0.15) is 0 Å². The molecule has 0 aromatic rings. The Kier molecular flexibility index (Phi) is 2.50. The second kappa shape index (κ2) is 3.00. The predicted octanol–water partition coefficient (Wildman–Crippen LogP) is 1.50. The van der Waals surface area contributed by atoms with Crippen molar-refractivity contribution in [1.29, 1.82) is 0 Å². The summed E-state index contributed by atoms with van der Waals surface area (Å²) in [5.41, 5.74) is 6.51. The Morgan fingerprint density at radius 3 is 2.42 bits per heavy atom. The molecule has 0 heterocycles. The molecule has 1 aliphatic rings. The van der Waals surface area contributed by atoms with Gasteiger partial charge in [-0.2, -0.15) is 0 Å². The molecule has 1 aliphatic carbocycles. The second-order valence-electron chi connectivity index (χ2n) is 5.13. The lowest BCUT2D eigenvalue weighted by Gasteiger charge is -2.23. The fourth-order valence-corrected chi connectivity index (χ4v) is 1.30. The Morgan fingerprint density at radius 1 is 1.58 bits per heavy atom. The van der Waals surface area contributed by atoms with Gasteiger partial charge in [-0.25, -0.2) is 0 Å². The summed E-state index contributed by atoms with van der Waals surface area (Å²) < 4.78 is 0. The highest BCUT2D eigenvalue weighted by Crippen LogP contribution is 2.44.